The maximum atomic E-state index is 12.0. The van der Waals surface area contributed by atoms with E-state index in [1.165, 1.54) is 24.3 Å². The lowest BCUT2D eigenvalue weighted by molar-refractivity contribution is 0.0468. The largest absolute Gasteiger partial charge is 0.508 e. The molecular weight excluding hydrogens is 314 g/mol. The van der Waals surface area contributed by atoms with Gasteiger partial charge in [-0.05, 0) is 42.8 Å². The minimum atomic E-state index is -0.492. The standard InChI is InChI=1S/C18H14ClNO3/c1-11-14-4-2-3-5-15(14)20-16(17(11)19)10-23-18(22)12-6-8-13(21)9-7-12/h2-9,21H,10H2,1H3. The number of nitrogens with zero attached hydrogens (tertiary/aromatic N) is 1. The van der Waals surface area contributed by atoms with E-state index in [1.807, 2.05) is 31.2 Å². The molecule has 0 bridgehead atoms. The lowest BCUT2D eigenvalue weighted by Crippen LogP contribution is -2.07. The number of aromatic hydroxyl groups is 1. The summed E-state index contributed by atoms with van der Waals surface area (Å²) >= 11 is 6.34. The second-order valence-corrected chi connectivity index (χ2v) is 5.52. The van der Waals surface area contributed by atoms with Crippen molar-refractivity contribution in [3.05, 3.63) is 70.4 Å². The molecule has 3 rings (SSSR count). The molecule has 0 atom stereocenters. The average Bonchev–Trinajstić information content (AvgIpc) is 2.57. The van der Waals surface area contributed by atoms with Gasteiger partial charge in [0.15, 0.2) is 0 Å². The fraction of sp³-hybridized carbons (Fsp3) is 0.111. The molecular formula is C18H14ClNO3. The summed E-state index contributed by atoms with van der Waals surface area (Å²) in [5.41, 5.74) is 2.60. The number of aromatic nitrogens is 1. The van der Waals surface area contributed by atoms with Gasteiger partial charge < -0.3 is 9.84 Å². The van der Waals surface area contributed by atoms with Gasteiger partial charge in [-0.3, -0.25) is 0 Å². The van der Waals surface area contributed by atoms with Gasteiger partial charge >= 0.3 is 5.97 Å². The zero-order chi connectivity index (χ0) is 16.4. The second-order valence-electron chi connectivity index (χ2n) is 5.14. The highest BCUT2D eigenvalue weighted by Crippen LogP contribution is 2.27. The van der Waals surface area contributed by atoms with Crippen molar-refractivity contribution in [2.24, 2.45) is 0 Å². The molecule has 0 aliphatic rings. The molecule has 0 unspecified atom stereocenters. The summed E-state index contributed by atoms with van der Waals surface area (Å²) in [6.07, 6.45) is 0. The zero-order valence-electron chi connectivity index (χ0n) is 12.4. The normalized spacial score (nSPS) is 10.7. The Kier molecular flexibility index (Phi) is 4.17. The van der Waals surface area contributed by atoms with Crippen LogP contribution in [-0.2, 0) is 11.3 Å². The van der Waals surface area contributed by atoms with E-state index >= 15 is 0 Å². The van der Waals surface area contributed by atoms with E-state index in [-0.39, 0.29) is 12.4 Å². The Balaban J connectivity index is 1.83. The third kappa shape index (κ3) is 3.12. The summed E-state index contributed by atoms with van der Waals surface area (Å²) in [7, 11) is 0. The molecule has 116 valence electrons. The van der Waals surface area contributed by atoms with Crippen LogP contribution >= 0.6 is 11.6 Å². The first-order chi connectivity index (χ1) is 11.1. The number of hydrogen-bond donors (Lipinski definition) is 1. The number of pyridine rings is 1. The maximum absolute atomic E-state index is 12.0. The number of aryl methyl sites for hydroxylation is 1. The van der Waals surface area contributed by atoms with Crippen molar-refractivity contribution < 1.29 is 14.6 Å². The number of benzene rings is 2. The average molecular weight is 328 g/mol. The molecule has 23 heavy (non-hydrogen) atoms. The summed E-state index contributed by atoms with van der Waals surface area (Å²) in [6.45, 7) is 1.90. The smallest absolute Gasteiger partial charge is 0.338 e. The Hall–Kier alpha value is -2.59. The Bertz CT molecular complexity index is 875. The molecule has 1 aromatic heterocycles. The maximum Gasteiger partial charge on any atom is 0.338 e. The highest BCUT2D eigenvalue weighted by molar-refractivity contribution is 6.32. The number of para-hydroxylation sites is 1. The molecule has 0 saturated heterocycles. The van der Waals surface area contributed by atoms with Crippen molar-refractivity contribution in [3.8, 4) is 5.75 Å². The third-order valence-corrected chi connectivity index (χ3v) is 4.09. The van der Waals surface area contributed by atoms with Gasteiger partial charge in [0.1, 0.15) is 12.4 Å². The van der Waals surface area contributed by atoms with E-state index in [0.717, 1.165) is 16.5 Å². The van der Waals surface area contributed by atoms with Gasteiger partial charge in [-0.1, -0.05) is 29.8 Å². The second kappa shape index (κ2) is 6.26. The number of fused-ring (bicyclic) bond motifs is 1. The van der Waals surface area contributed by atoms with Crippen molar-refractivity contribution in [2.75, 3.05) is 0 Å². The van der Waals surface area contributed by atoms with E-state index in [9.17, 15) is 9.90 Å². The van der Waals surface area contributed by atoms with E-state index < -0.39 is 5.97 Å². The van der Waals surface area contributed by atoms with Gasteiger partial charge in [-0.2, -0.15) is 0 Å². The summed E-state index contributed by atoms with van der Waals surface area (Å²) in [4.78, 5) is 16.5. The molecule has 0 spiro atoms. The highest BCUT2D eigenvalue weighted by atomic mass is 35.5. The van der Waals surface area contributed by atoms with Crippen LogP contribution in [0, 0.1) is 6.92 Å². The van der Waals surface area contributed by atoms with Gasteiger partial charge in [0, 0.05) is 5.39 Å². The van der Waals surface area contributed by atoms with Gasteiger partial charge in [0.25, 0.3) is 0 Å². The number of carbonyl (C=O) groups excluding carboxylic acids is 1. The summed E-state index contributed by atoms with van der Waals surface area (Å²) in [5.74, 6) is -0.398. The molecule has 0 saturated carbocycles. The lowest BCUT2D eigenvalue weighted by atomic mass is 10.1. The van der Waals surface area contributed by atoms with Crippen LogP contribution in [0.1, 0.15) is 21.6 Å². The predicted molar refractivity (Wildman–Crippen MR) is 88.7 cm³/mol. The number of halogens is 1. The van der Waals surface area contributed by atoms with E-state index in [0.29, 0.717) is 16.3 Å². The van der Waals surface area contributed by atoms with Crippen molar-refractivity contribution in [1.82, 2.24) is 4.98 Å². The number of ether oxygens (including phenoxy) is 1. The lowest BCUT2D eigenvalue weighted by Gasteiger charge is -2.10. The third-order valence-electron chi connectivity index (χ3n) is 3.59. The molecule has 0 fully saturated rings. The van der Waals surface area contributed by atoms with Crippen LogP contribution in [0.25, 0.3) is 10.9 Å². The van der Waals surface area contributed by atoms with Crippen molar-refractivity contribution in [3.63, 3.8) is 0 Å². The summed E-state index contributed by atoms with van der Waals surface area (Å²) in [5, 5.41) is 10.7. The van der Waals surface area contributed by atoms with Crippen LogP contribution in [0.2, 0.25) is 5.02 Å². The molecule has 4 nitrogen and oxygen atoms in total. The first kappa shape index (κ1) is 15.3. The molecule has 5 heteroatoms. The molecule has 0 radical (unpaired) electrons. The number of phenolic OH excluding ortho intramolecular Hbond substituents is 1. The minimum absolute atomic E-state index is 0.00970. The van der Waals surface area contributed by atoms with Crippen LogP contribution in [-0.4, -0.2) is 16.1 Å². The van der Waals surface area contributed by atoms with Crippen LogP contribution < -0.4 is 0 Å². The van der Waals surface area contributed by atoms with Crippen molar-refractivity contribution >= 4 is 28.5 Å². The fourth-order valence-electron chi connectivity index (χ4n) is 2.33. The number of phenols is 1. The van der Waals surface area contributed by atoms with Crippen LogP contribution in [0.15, 0.2) is 48.5 Å². The molecule has 1 heterocycles. The quantitative estimate of drug-likeness (QED) is 0.730. The highest BCUT2D eigenvalue weighted by Gasteiger charge is 2.13. The van der Waals surface area contributed by atoms with Crippen molar-refractivity contribution in [2.45, 2.75) is 13.5 Å². The number of esters is 1. The Morgan fingerprint density at radius 3 is 2.61 bits per heavy atom. The first-order valence-corrected chi connectivity index (χ1v) is 7.44. The van der Waals surface area contributed by atoms with Gasteiger partial charge in [-0.15, -0.1) is 0 Å². The topological polar surface area (TPSA) is 59.4 Å². The predicted octanol–water partition coefficient (Wildman–Crippen LogP) is 4.26. The SMILES string of the molecule is Cc1c(Cl)c(COC(=O)c2ccc(O)cc2)nc2ccccc12. The Morgan fingerprint density at radius 1 is 1.17 bits per heavy atom. The number of hydrogen-bond acceptors (Lipinski definition) is 4. The molecule has 2 aromatic carbocycles. The van der Waals surface area contributed by atoms with Crippen LogP contribution in [0.5, 0.6) is 5.75 Å². The van der Waals surface area contributed by atoms with E-state index in [4.69, 9.17) is 16.3 Å². The fourth-order valence-corrected chi connectivity index (χ4v) is 2.53. The molecule has 0 aliphatic carbocycles. The van der Waals surface area contributed by atoms with Gasteiger partial charge in [0.05, 0.1) is 21.8 Å². The zero-order valence-corrected chi connectivity index (χ0v) is 13.2. The first-order valence-electron chi connectivity index (χ1n) is 7.06. The Labute approximate surface area is 138 Å². The van der Waals surface area contributed by atoms with Gasteiger partial charge in [0.2, 0.25) is 0 Å². The van der Waals surface area contributed by atoms with Crippen LogP contribution in [0.3, 0.4) is 0 Å². The minimum Gasteiger partial charge on any atom is -0.508 e. The molecule has 0 amide bonds. The molecule has 1 N–H and O–H groups in total. The molecule has 0 aliphatic heterocycles. The van der Waals surface area contributed by atoms with E-state index in [1.54, 1.807) is 0 Å². The van der Waals surface area contributed by atoms with Gasteiger partial charge in [-0.25, -0.2) is 9.78 Å². The number of carbonyl (C=O) groups is 1. The molecule has 3 aromatic rings. The summed E-state index contributed by atoms with van der Waals surface area (Å²) in [6, 6.07) is 13.5. The van der Waals surface area contributed by atoms with Crippen molar-refractivity contribution in [1.29, 1.82) is 0 Å². The monoisotopic (exact) mass is 327 g/mol. The number of rotatable bonds is 3. The van der Waals surface area contributed by atoms with E-state index in [2.05, 4.69) is 4.98 Å². The summed E-state index contributed by atoms with van der Waals surface area (Å²) < 4.78 is 5.27. The van der Waals surface area contributed by atoms with Crippen LogP contribution in [0.4, 0.5) is 0 Å². The Morgan fingerprint density at radius 2 is 1.87 bits per heavy atom.